The second kappa shape index (κ2) is 11.3. The third kappa shape index (κ3) is 5.22. The van der Waals surface area contributed by atoms with Gasteiger partial charge in [-0.3, -0.25) is 4.79 Å². The standard InChI is InChI=1S/C29H26N4O2S/c1-35-18-10-17-33-28(31-32-29(33)36-20-27(34)22-13-6-3-7-14-22)24-19-26(21-11-4-2-5-12-21)30-25-16-9-8-15-23(24)25/h2-9,11-16,19H,10,17-18,20H2,1H3. The first-order chi connectivity index (χ1) is 17.7. The molecule has 0 saturated heterocycles. The Morgan fingerprint density at radius 2 is 1.64 bits per heavy atom. The van der Waals surface area contributed by atoms with Gasteiger partial charge in [0.25, 0.3) is 0 Å². The number of Topliss-reactive ketones (excluding diaryl/α,β-unsaturated/α-hetero) is 1. The number of rotatable bonds is 10. The van der Waals surface area contributed by atoms with Crippen LogP contribution in [0, 0.1) is 0 Å². The van der Waals surface area contributed by atoms with Crippen LogP contribution in [-0.4, -0.2) is 45.0 Å². The van der Waals surface area contributed by atoms with Gasteiger partial charge in [-0.1, -0.05) is 90.6 Å². The molecule has 180 valence electrons. The summed E-state index contributed by atoms with van der Waals surface area (Å²) >= 11 is 1.41. The molecule has 6 nitrogen and oxygen atoms in total. The average molecular weight is 495 g/mol. The third-order valence-corrected chi connectivity index (χ3v) is 6.87. The van der Waals surface area contributed by atoms with Gasteiger partial charge in [-0.2, -0.15) is 0 Å². The molecule has 0 unspecified atom stereocenters. The van der Waals surface area contributed by atoms with Gasteiger partial charge in [-0.25, -0.2) is 4.98 Å². The van der Waals surface area contributed by atoms with Gasteiger partial charge in [-0.15, -0.1) is 10.2 Å². The lowest BCUT2D eigenvalue weighted by Crippen LogP contribution is -2.08. The van der Waals surface area contributed by atoms with E-state index >= 15 is 0 Å². The third-order valence-electron chi connectivity index (χ3n) is 5.90. The molecule has 0 radical (unpaired) electrons. The summed E-state index contributed by atoms with van der Waals surface area (Å²) in [6.07, 6.45) is 0.802. The molecule has 3 aromatic carbocycles. The smallest absolute Gasteiger partial charge is 0.191 e. The Balaban J connectivity index is 1.55. The van der Waals surface area contributed by atoms with Gasteiger partial charge in [-0.05, 0) is 18.6 Å². The molecule has 0 saturated carbocycles. The Morgan fingerprint density at radius 3 is 2.42 bits per heavy atom. The summed E-state index contributed by atoms with van der Waals surface area (Å²) in [4.78, 5) is 17.6. The SMILES string of the molecule is COCCCn1c(SCC(=O)c2ccccc2)nnc1-c1cc(-c2ccccc2)nc2ccccc12. The Labute approximate surface area is 214 Å². The topological polar surface area (TPSA) is 69.9 Å². The van der Waals surface area contributed by atoms with Gasteiger partial charge in [0.05, 0.1) is 17.0 Å². The number of hydrogen-bond acceptors (Lipinski definition) is 6. The molecule has 0 N–H and O–H groups in total. The summed E-state index contributed by atoms with van der Waals surface area (Å²) in [6.45, 7) is 1.30. The van der Waals surface area contributed by atoms with Crippen molar-refractivity contribution in [2.45, 2.75) is 18.1 Å². The number of ketones is 1. The van der Waals surface area contributed by atoms with Crippen molar-refractivity contribution in [1.29, 1.82) is 0 Å². The van der Waals surface area contributed by atoms with Gasteiger partial charge in [0.2, 0.25) is 0 Å². The fourth-order valence-electron chi connectivity index (χ4n) is 4.12. The number of carbonyl (C=O) groups excluding carboxylic acids is 1. The summed E-state index contributed by atoms with van der Waals surface area (Å²) in [5, 5.41) is 10.8. The molecule has 5 rings (SSSR count). The minimum Gasteiger partial charge on any atom is -0.385 e. The number of ether oxygens (including phenoxy) is 1. The summed E-state index contributed by atoms with van der Waals surface area (Å²) < 4.78 is 7.40. The van der Waals surface area contributed by atoms with E-state index in [2.05, 4.69) is 39.0 Å². The molecule has 5 aromatic rings. The van der Waals surface area contributed by atoms with Gasteiger partial charge in [0.1, 0.15) is 0 Å². The van der Waals surface area contributed by atoms with Crippen LogP contribution in [0.25, 0.3) is 33.5 Å². The highest BCUT2D eigenvalue weighted by Gasteiger charge is 2.19. The molecule has 0 aliphatic carbocycles. The van der Waals surface area contributed by atoms with Gasteiger partial charge >= 0.3 is 0 Å². The van der Waals surface area contributed by atoms with Crippen LogP contribution in [-0.2, 0) is 11.3 Å². The van der Waals surface area contributed by atoms with Gasteiger partial charge in [0.15, 0.2) is 16.8 Å². The number of pyridine rings is 1. The number of fused-ring (bicyclic) bond motifs is 1. The van der Waals surface area contributed by atoms with Crippen LogP contribution in [0.4, 0.5) is 0 Å². The normalized spacial score (nSPS) is 11.1. The van der Waals surface area contributed by atoms with Crippen molar-refractivity contribution in [3.8, 4) is 22.6 Å². The molecule has 0 bridgehead atoms. The number of carbonyl (C=O) groups is 1. The predicted molar refractivity (Wildman–Crippen MR) is 144 cm³/mol. The number of nitrogens with zero attached hydrogens (tertiary/aromatic N) is 4. The Morgan fingerprint density at radius 1 is 0.917 bits per heavy atom. The van der Waals surface area contributed by atoms with E-state index in [0.717, 1.165) is 40.0 Å². The lowest BCUT2D eigenvalue weighted by atomic mass is 10.0. The van der Waals surface area contributed by atoms with Crippen molar-refractivity contribution < 1.29 is 9.53 Å². The Bertz CT molecular complexity index is 1470. The molecule has 2 heterocycles. The molecule has 7 heteroatoms. The summed E-state index contributed by atoms with van der Waals surface area (Å²) in [5.74, 6) is 1.12. The molecule has 0 amide bonds. The molecular weight excluding hydrogens is 468 g/mol. The fraction of sp³-hybridized carbons (Fsp3) is 0.172. The lowest BCUT2D eigenvalue weighted by molar-refractivity contribution is 0.102. The zero-order valence-electron chi connectivity index (χ0n) is 20.0. The number of methoxy groups -OCH3 is 1. The maximum Gasteiger partial charge on any atom is 0.191 e. The van der Waals surface area contributed by atoms with E-state index in [-0.39, 0.29) is 5.78 Å². The van der Waals surface area contributed by atoms with Crippen molar-refractivity contribution in [3.05, 3.63) is 96.6 Å². The zero-order valence-corrected chi connectivity index (χ0v) is 20.8. The summed E-state index contributed by atoms with van der Waals surface area (Å²) in [6, 6.07) is 29.6. The zero-order chi connectivity index (χ0) is 24.7. The minimum atomic E-state index is 0.0642. The van der Waals surface area contributed by atoms with E-state index in [0.29, 0.717) is 29.6 Å². The Kier molecular flexibility index (Phi) is 7.50. The number of hydrogen-bond donors (Lipinski definition) is 0. The number of para-hydroxylation sites is 1. The van der Waals surface area contributed by atoms with Crippen LogP contribution < -0.4 is 0 Å². The van der Waals surface area contributed by atoms with Crippen molar-refractivity contribution in [1.82, 2.24) is 19.7 Å². The second-order valence-electron chi connectivity index (χ2n) is 8.32. The van der Waals surface area contributed by atoms with Crippen LogP contribution in [0.15, 0.2) is 96.2 Å². The van der Waals surface area contributed by atoms with E-state index in [1.54, 1.807) is 7.11 Å². The molecular formula is C29H26N4O2S. The number of benzene rings is 3. The minimum absolute atomic E-state index is 0.0642. The van der Waals surface area contributed by atoms with Crippen molar-refractivity contribution in [2.75, 3.05) is 19.5 Å². The van der Waals surface area contributed by atoms with Crippen LogP contribution in [0.2, 0.25) is 0 Å². The predicted octanol–water partition coefficient (Wildman–Crippen LogP) is 6.17. The number of aromatic nitrogens is 4. The maximum absolute atomic E-state index is 12.7. The number of thioether (sulfide) groups is 1. The molecule has 0 spiro atoms. The highest BCUT2D eigenvalue weighted by Crippen LogP contribution is 2.33. The largest absolute Gasteiger partial charge is 0.385 e. The molecule has 0 aliphatic heterocycles. The van der Waals surface area contributed by atoms with Gasteiger partial charge in [0, 0.05) is 42.3 Å². The maximum atomic E-state index is 12.7. The lowest BCUT2D eigenvalue weighted by Gasteiger charge is -2.13. The molecule has 36 heavy (non-hydrogen) atoms. The van der Waals surface area contributed by atoms with Crippen LogP contribution in [0.1, 0.15) is 16.8 Å². The van der Waals surface area contributed by atoms with Crippen molar-refractivity contribution in [3.63, 3.8) is 0 Å². The summed E-state index contributed by atoms with van der Waals surface area (Å²) in [5.41, 5.74) is 4.48. The highest BCUT2D eigenvalue weighted by atomic mass is 32.2. The Hall–Kier alpha value is -3.81. The van der Waals surface area contributed by atoms with Gasteiger partial charge < -0.3 is 9.30 Å². The molecule has 2 aromatic heterocycles. The molecule has 0 fully saturated rings. The van der Waals surface area contributed by atoms with E-state index in [1.807, 2.05) is 66.7 Å². The molecule has 0 atom stereocenters. The second-order valence-corrected chi connectivity index (χ2v) is 9.26. The summed E-state index contributed by atoms with van der Waals surface area (Å²) in [7, 11) is 1.70. The molecule has 0 aliphatic rings. The van der Waals surface area contributed by atoms with Crippen LogP contribution in [0.3, 0.4) is 0 Å². The quantitative estimate of drug-likeness (QED) is 0.131. The van der Waals surface area contributed by atoms with Crippen LogP contribution >= 0.6 is 11.8 Å². The first kappa shape index (κ1) is 23.9. The van der Waals surface area contributed by atoms with Crippen molar-refractivity contribution in [2.24, 2.45) is 0 Å². The van der Waals surface area contributed by atoms with E-state index < -0.39 is 0 Å². The monoisotopic (exact) mass is 494 g/mol. The average Bonchev–Trinajstić information content (AvgIpc) is 3.34. The van der Waals surface area contributed by atoms with Crippen LogP contribution in [0.5, 0.6) is 0 Å². The van der Waals surface area contributed by atoms with E-state index in [1.165, 1.54) is 11.8 Å². The first-order valence-electron chi connectivity index (χ1n) is 11.8. The van der Waals surface area contributed by atoms with Crippen molar-refractivity contribution >= 4 is 28.4 Å². The fourth-order valence-corrected chi connectivity index (χ4v) is 4.98. The first-order valence-corrected chi connectivity index (χ1v) is 12.8. The van der Waals surface area contributed by atoms with E-state index in [4.69, 9.17) is 9.72 Å². The van der Waals surface area contributed by atoms with E-state index in [9.17, 15) is 4.79 Å². The highest BCUT2D eigenvalue weighted by molar-refractivity contribution is 7.99.